The van der Waals surface area contributed by atoms with Crippen molar-refractivity contribution >= 4 is 21.9 Å². The lowest BCUT2D eigenvalue weighted by Gasteiger charge is -2.30. The van der Waals surface area contributed by atoms with E-state index in [1.165, 1.54) is 44.5 Å². The van der Waals surface area contributed by atoms with Crippen LogP contribution in [0, 0.1) is 0 Å². The molecule has 288 valence electrons. The Labute approximate surface area is 359 Å². The molecule has 0 unspecified atom stereocenters. The average Bonchev–Trinajstić information content (AvgIpc) is 3.98. The van der Waals surface area contributed by atoms with Crippen LogP contribution < -0.4 is 0 Å². The quantitative estimate of drug-likeness (QED) is 0.174. The molecule has 0 saturated carbocycles. The number of benzene rings is 9. The summed E-state index contributed by atoms with van der Waals surface area (Å²) in [5.74, 6) is 0.684. The Balaban J connectivity index is 1.03. The summed E-state index contributed by atoms with van der Waals surface area (Å²) in [5.41, 5.74) is 21.0. The van der Waals surface area contributed by atoms with Crippen LogP contribution in [-0.4, -0.2) is 9.97 Å². The van der Waals surface area contributed by atoms with Gasteiger partial charge in [0.05, 0.1) is 16.8 Å². The highest BCUT2D eigenvalue weighted by Crippen LogP contribution is 2.63. The fraction of sp³-hybridized carbons (Fsp3) is 0.0169. The number of furan rings is 1. The van der Waals surface area contributed by atoms with Gasteiger partial charge in [-0.05, 0) is 109 Å². The first-order chi connectivity index (χ1) is 30.7. The summed E-state index contributed by atoms with van der Waals surface area (Å²) in [5, 5.41) is 2.21. The van der Waals surface area contributed by atoms with Crippen molar-refractivity contribution in [2.24, 2.45) is 0 Å². The summed E-state index contributed by atoms with van der Waals surface area (Å²) in [6.07, 6.45) is 0. The standard InChI is InChI=1S/C59H36N2O/c1-3-16-37(17-4-1)40-32-41(43-24-15-29-56-57(43)47-23-10-14-28-55(47)62-56)34-42(33-40)54-36-53(60-58(61-54)38-18-5-2-6-19-38)39-30-31-52-48(35-39)46-22-9-13-27-51(46)59(52)49-25-11-7-20-44(49)45-21-8-12-26-50(45)59/h1-36H. The largest absolute Gasteiger partial charge is 0.456 e. The monoisotopic (exact) mass is 788 g/mol. The van der Waals surface area contributed by atoms with Crippen LogP contribution in [0.2, 0.25) is 0 Å². The number of aromatic nitrogens is 2. The molecule has 0 fully saturated rings. The molecular formula is C59H36N2O. The Morgan fingerprint density at radius 1 is 0.306 bits per heavy atom. The minimum Gasteiger partial charge on any atom is -0.456 e. The van der Waals surface area contributed by atoms with E-state index in [1.54, 1.807) is 0 Å². The second kappa shape index (κ2) is 13.4. The Morgan fingerprint density at radius 2 is 0.823 bits per heavy atom. The van der Waals surface area contributed by atoms with E-state index >= 15 is 0 Å². The van der Waals surface area contributed by atoms with Crippen molar-refractivity contribution in [2.75, 3.05) is 0 Å². The highest BCUT2D eigenvalue weighted by atomic mass is 16.3. The normalized spacial score (nSPS) is 13.0. The summed E-state index contributed by atoms with van der Waals surface area (Å²) >= 11 is 0. The summed E-state index contributed by atoms with van der Waals surface area (Å²) in [7, 11) is 0. The van der Waals surface area contributed by atoms with Gasteiger partial charge in [0.1, 0.15) is 11.2 Å². The Hall–Kier alpha value is -8.14. The Morgan fingerprint density at radius 3 is 1.53 bits per heavy atom. The van der Waals surface area contributed by atoms with Crippen molar-refractivity contribution in [3.63, 3.8) is 0 Å². The van der Waals surface area contributed by atoms with Gasteiger partial charge in [0, 0.05) is 27.5 Å². The molecule has 2 heterocycles. The van der Waals surface area contributed by atoms with Crippen molar-refractivity contribution in [2.45, 2.75) is 5.41 Å². The summed E-state index contributed by atoms with van der Waals surface area (Å²) in [6, 6.07) is 78.5. The molecule has 2 aromatic heterocycles. The summed E-state index contributed by atoms with van der Waals surface area (Å²) in [6.45, 7) is 0. The third kappa shape index (κ3) is 5.06. The van der Waals surface area contributed by atoms with Gasteiger partial charge in [0.25, 0.3) is 0 Å². The van der Waals surface area contributed by atoms with E-state index < -0.39 is 5.41 Å². The van der Waals surface area contributed by atoms with E-state index in [4.69, 9.17) is 14.4 Å². The van der Waals surface area contributed by atoms with E-state index in [2.05, 4.69) is 200 Å². The van der Waals surface area contributed by atoms with Crippen molar-refractivity contribution in [1.82, 2.24) is 9.97 Å². The molecule has 0 saturated heterocycles. The highest BCUT2D eigenvalue weighted by Gasteiger charge is 2.51. The van der Waals surface area contributed by atoms with E-state index in [-0.39, 0.29) is 0 Å². The summed E-state index contributed by atoms with van der Waals surface area (Å²) < 4.78 is 6.37. The minimum atomic E-state index is -0.402. The van der Waals surface area contributed by atoms with Gasteiger partial charge in [-0.2, -0.15) is 0 Å². The minimum absolute atomic E-state index is 0.402. The lowest BCUT2D eigenvalue weighted by atomic mass is 9.70. The molecule has 3 heteroatoms. The first kappa shape index (κ1) is 34.7. The number of fused-ring (bicyclic) bond motifs is 13. The molecule has 2 aliphatic carbocycles. The smallest absolute Gasteiger partial charge is 0.160 e. The van der Waals surface area contributed by atoms with E-state index in [9.17, 15) is 0 Å². The van der Waals surface area contributed by atoms with Crippen LogP contribution in [0.5, 0.6) is 0 Å². The topological polar surface area (TPSA) is 38.9 Å². The van der Waals surface area contributed by atoms with Gasteiger partial charge in [0.15, 0.2) is 5.82 Å². The molecule has 62 heavy (non-hydrogen) atoms. The SMILES string of the molecule is c1ccc(-c2cc(-c3cc(-c4ccc5c(c4)-c4ccccc4C54c5ccccc5-c5ccccc54)nc(-c4ccccc4)n3)cc(-c3cccc4oc5ccccc5c34)c2)cc1. The Kier molecular flexibility index (Phi) is 7.52. The van der Waals surface area contributed by atoms with Crippen LogP contribution >= 0.6 is 0 Å². The molecule has 0 radical (unpaired) electrons. The number of hydrogen-bond acceptors (Lipinski definition) is 3. The van der Waals surface area contributed by atoms with Crippen LogP contribution in [0.1, 0.15) is 22.3 Å². The van der Waals surface area contributed by atoms with Crippen molar-refractivity contribution in [1.29, 1.82) is 0 Å². The average molecular weight is 789 g/mol. The zero-order chi connectivity index (χ0) is 40.8. The zero-order valence-corrected chi connectivity index (χ0v) is 33.6. The van der Waals surface area contributed by atoms with E-state index in [0.717, 1.165) is 72.3 Å². The first-order valence-corrected chi connectivity index (χ1v) is 21.2. The molecule has 13 rings (SSSR count). The van der Waals surface area contributed by atoms with E-state index in [1.807, 2.05) is 18.2 Å². The fourth-order valence-corrected chi connectivity index (χ4v) is 10.5. The van der Waals surface area contributed by atoms with Crippen molar-refractivity contribution in [3.05, 3.63) is 241 Å². The third-order valence-electron chi connectivity index (χ3n) is 13.1. The van der Waals surface area contributed by atoms with Crippen LogP contribution in [0.3, 0.4) is 0 Å². The first-order valence-electron chi connectivity index (χ1n) is 21.2. The van der Waals surface area contributed by atoms with Crippen LogP contribution in [0.4, 0.5) is 0 Å². The number of hydrogen-bond donors (Lipinski definition) is 0. The van der Waals surface area contributed by atoms with Gasteiger partial charge in [-0.25, -0.2) is 9.97 Å². The lowest BCUT2D eigenvalue weighted by Crippen LogP contribution is -2.25. The highest BCUT2D eigenvalue weighted by molar-refractivity contribution is 6.12. The molecule has 0 atom stereocenters. The van der Waals surface area contributed by atoms with Gasteiger partial charge in [-0.1, -0.05) is 176 Å². The maximum absolute atomic E-state index is 6.37. The maximum atomic E-state index is 6.37. The van der Waals surface area contributed by atoms with E-state index in [0.29, 0.717) is 5.82 Å². The van der Waals surface area contributed by atoms with Crippen LogP contribution in [0.15, 0.2) is 223 Å². The fourth-order valence-electron chi connectivity index (χ4n) is 10.5. The van der Waals surface area contributed by atoms with Crippen LogP contribution in [-0.2, 0) is 5.41 Å². The van der Waals surface area contributed by atoms with Gasteiger partial charge >= 0.3 is 0 Å². The Bertz CT molecular complexity index is 3540. The number of rotatable bonds is 5. The number of para-hydroxylation sites is 1. The molecule has 2 aliphatic rings. The lowest BCUT2D eigenvalue weighted by molar-refractivity contribution is 0.669. The third-order valence-corrected chi connectivity index (χ3v) is 13.1. The molecule has 3 nitrogen and oxygen atoms in total. The summed E-state index contributed by atoms with van der Waals surface area (Å²) in [4.78, 5) is 10.7. The van der Waals surface area contributed by atoms with Gasteiger partial charge in [0.2, 0.25) is 0 Å². The second-order valence-electron chi connectivity index (χ2n) is 16.4. The zero-order valence-electron chi connectivity index (χ0n) is 33.6. The molecule has 1 spiro atoms. The van der Waals surface area contributed by atoms with Gasteiger partial charge < -0.3 is 4.42 Å². The predicted octanol–water partition coefficient (Wildman–Crippen LogP) is 15.1. The molecular weight excluding hydrogens is 753 g/mol. The molecule has 0 aliphatic heterocycles. The molecule has 11 aromatic rings. The van der Waals surface area contributed by atoms with Gasteiger partial charge in [-0.15, -0.1) is 0 Å². The molecule has 0 N–H and O–H groups in total. The second-order valence-corrected chi connectivity index (χ2v) is 16.4. The van der Waals surface area contributed by atoms with Gasteiger partial charge in [-0.3, -0.25) is 0 Å². The van der Waals surface area contributed by atoms with Crippen molar-refractivity contribution < 1.29 is 4.42 Å². The molecule has 0 amide bonds. The number of nitrogens with zero attached hydrogens (tertiary/aromatic N) is 2. The molecule has 9 aromatic carbocycles. The van der Waals surface area contributed by atoms with Crippen molar-refractivity contribution in [3.8, 4) is 78.4 Å². The molecule has 0 bridgehead atoms. The van der Waals surface area contributed by atoms with Crippen LogP contribution in [0.25, 0.3) is 100 Å². The maximum Gasteiger partial charge on any atom is 0.160 e. The predicted molar refractivity (Wildman–Crippen MR) is 253 cm³/mol.